The molecule has 0 N–H and O–H groups in total. The van der Waals surface area contributed by atoms with E-state index in [9.17, 15) is 0 Å². The summed E-state index contributed by atoms with van der Waals surface area (Å²) in [6, 6.07) is 54.3. The van der Waals surface area contributed by atoms with E-state index >= 15 is 0 Å². The Morgan fingerprint density at radius 1 is 0.465 bits per heavy atom. The van der Waals surface area contributed by atoms with Crippen LogP contribution in [0.25, 0.3) is 64.0 Å². The second kappa shape index (κ2) is 9.59. The van der Waals surface area contributed by atoms with Gasteiger partial charge in [-0.15, -0.1) is 11.3 Å². The standard InChI is InChI=1S/C40H25NOS/c1-2-10-26(11-3-1)30-12-4-7-15-35(30)41(29-21-22-32-31-13-5-8-16-36(31)42-37(32)25-29)28-20-18-27-19-23-39-40(34(27)24-28)33-14-6-9-17-38(33)43-39/h1-25H. The van der Waals surface area contributed by atoms with Crippen LogP contribution in [0.4, 0.5) is 17.1 Å². The Kier molecular flexibility index (Phi) is 5.40. The van der Waals surface area contributed by atoms with E-state index in [4.69, 9.17) is 4.42 Å². The number of anilines is 3. The summed E-state index contributed by atoms with van der Waals surface area (Å²) in [4.78, 5) is 2.38. The number of hydrogen-bond acceptors (Lipinski definition) is 3. The summed E-state index contributed by atoms with van der Waals surface area (Å²) >= 11 is 1.86. The van der Waals surface area contributed by atoms with Gasteiger partial charge in [-0.2, -0.15) is 0 Å². The third-order valence-corrected chi connectivity index (χ3v) is 9.59. The molecule has 0 aliphatic rings. The molecular weight excluding hydrogens is 543 g/mol. The maximum absolute atomic E-state index is 6.37. The molecule has 2 heterocycles. The van der Waals surface area contributed by atoms with Gasteiger partial charge in [0, 0.05) is 53.9 Å². The first-order chi connectivity index (χ1) is 21.3. The van der Waals surface area contributed by atoms with Crippen LogP contribution >= 0.6 is 11.3 Å². The molecule has 0 aliphatic heterocycles. The number of hydrogen-bond donors (Lipinski definition) is 0. The highest BCUT2D eigenvalue weighted by atomic mass is 32.1. The predicted molar refractivity (Wildman–Crippen MR) is 184 cm³/mol. The summed E-state index contributed by atoms with van der Waals surface area (Å²) in [5.74, 6) is 0. The van der Waals surface area contributed by atoms with Crippen LogP contribution in [0.3, 0.4) is 0 Å². The quantitative estimate of drug-likeness (QED) is 0.210. The van der Waals surface area contributed by atoms with Crippen molar-refractivity contribution in [3.05, 3.63) is 152 Å². The molecule has 0 amide bonds. The van der Waals surface area contributed by atoms with Crippen LogP contribution in [0, 0.1) is 0 Å². The Hall–Kier alpha value is -5.38. The second-order valence-electron chi connectivity index (χ2n) is 10.9. The zero-order valence-corrected chi connectivity index (χ0v) is 24.0. The molecule has 7 aromatic carbocycles. The predicted octanol–water partition coefficient (Wildman–Crippen LogP) is 12.2. The van der Waals surface area contributed by atoms with Gasteiger partial charge >= 0.3 is 0 Å². The van der Waals surface area contributed by atoms with Crippen molar-refractivity contribution in [2.24, 2.45) is 0 Å². The molecule has 202 valence electrons. The molecule has 43 heavy (non-hydrogen) atoms. The normalized spacial score (nSPS) is 11.7. The largest absolute Gasteiger partial charge is 0.456 e. The van der Waals surface area contributed by atoms with Gasteiger partial charge < -0.3 is 9.32 Å². The van der Waals surface area contributed by atoms with Crippen LogP contribution < -0.4 is 4.90 Å². The lowest BCUT2D eigenvalue weighted by atomic mass is 10.00. The van der Waals surface area contributed by atoms with Crippen LogP contribution in [0.1, 0.15) is 0 Å². The average molecular weight is 568 g/mol. The van der Waals surface area contributed by atoms with Gasteiger partial charge in [0.15, 0.2) is 0 Å². The molecule has 9 aromatic rings. The van der Waals surface area contributed by atoms with Crippen molar-refractivity contribution in [1.82, 2.24) is 0 Å². The minimum atomic E-state index is 0.882. The molecule has 0 saturated carbocycles. The molecule has 2 nitrogen and oxygen atoms in total. The molecule has 0 atom stereocenters. The molecule has 0 unspecified atom stereocenters. The maximum atomic E-state index is 6.37. The highest BCUT2D eigenvalue weighted by molar-refractivity contribution is 7.26. The fourth-order valence-electron chi connectivity index (χ4n) is 6.48. The summed E-state index contributed by atoms with van der Waals surface area (Å²) in [7, 11) is 0. The lowest BCUT2D eigenvalue weighted by Crippen LogP contribution is -2.11. The van der Waals surface area contributed by atoms with Crippen molar-refractivity contribution in [1.29, 1.82) is 0 Å². The minimum Gasteiger partial charge on any atom is -0.456 e. The van der Waals surface area contributed by atoms with Gasteiger partial charge in [0.05, 0.1) is 5.69 Å². The summed E-state index contributed by atoms with van der Waals surface area (Å²) < 4.78 is 9.00. The fraction of sp³-hybridized carbons (Fsp3) is 0. The van der Waals surface area contributed by atoms with E-state index in [1.165, 1.54) is 42.1 Å². The van der Waals surface area contributed by atoms with Gasteiger partial charge in [0.2, 0.25) is 0 Å². The first-order valence-corrected chi connectivity index (χ1v) is 15.3. The first kappa shape index (κ1) is 24.2. The van der Waals surface area contributed by atoms with Crippen LogP contribution in [-0.2, 0) is 0 Å². The maximum Gasteiger partial charge on any atom is 0.137 e. The zero-order chi connectivity index (χ0) is 28.3. The van der Waals surface area contributed by atoms with Crippen molar-refractivity contribution in [3.8, 4) is 11.1 Å². The number of fused-ring (bicyclic) bond motifs is 8. The third-order valence-electron chi connectivity index (χ3n) is 8.45. The van der Waals surface area contributed by atoms with Gasteiger partial charge in [-0.3, -0.25) is 0 Å². The van der Waals surface area contributed by atoms with E-state index in [1.54, 1.807) is 0 Å². The monoisotopic (exact) mass is 567 g/mol. The van der Waals surface area contributed by atoms with Gasteiger partial charge in [0.25, 0.3) is 0 Å². The van der Waals surface area contributed by atoms with E-state index < -0.39 is 0 Å². The lowest BCUT2D eigenvalue weighted by Gasteiger charge is -2.28. The number of para-hydroxylation sites is 2. The van der Waals surface area contributed by atoms with Gasteiger partial charge in [-0.25, -0.2) is 0 Å². The van der Waals surface area contributed by atoms with Crippen LogP contribution in [0.15, 0.2) is 156 Å². The van der Waals surface area contributed by atoms with Crippen molar-refractivity contribution in [2.45, 2.75) is 0 Å². The zero-order valence-electron chi connectivity index (χ0n) is 23.2. The molecular formula is C40H25NOS. The summed E-state index contributed by atoms with van der Waals surface area (Å²) in [5, 5.41) is 7.40. The van der Waals surface area contributed by atoms with E-state index in [-0.39, 0.29) is 0 Å². The topological polar surface area (TPSA) is 16.4 Å². The third kappa shape index (κ3) is 3.86. The van der Waals surface area contributed by atoms with Crippen molar-refractivity contribution in [2.75, 3.05) is 4.90 Å². The van der Waals surface area contributed by atoms with E-state index in [2.05, 4.69) is 144 Å². The smallest absolute Gasteiger partial charge is 0.137 e. The van der Waals surface area contributed by atoms with E-state index in [1.807, 2.05) is 23.5 Å². The summed E-state index contributed by atoms with van der Waals surface area (Å²) in [6.45, 7) is 0. The molecule has 3 heteroatoms. The van der Waals surface area contributed by atoms with Crippen LogP contribution in [-0.4, -0.2) is 0 Å². The minimum absolute atomic E-state index is 0.882. The molecule has 0 saturated heterocycles. The van der Waals surface area contributed by atoms with Crippen LogP contribution in [0.2, 0.25) is 0 Å². The summed E-state index contributed by atoms with van der Waals surface area (Å²) in [6.07, 6.45) is 0. The molecule has 2 aromatic heterocycles. The number of rotatable bonds is 4. The molecule has 0 bridgehead atoms. The number of benzene rings is 7. The van der Waals surface area contributed by atoms with Crippen molar-refractivity contribution in [3.63, 3.8) is 0 Å². The SMILES string of the molecule is c1ccc(-c2ccccc2N(c2ccc3c(c2)oc2ccccc23)c2ccc3ccc4sc5ccccc5c4c3c2)cc1. The second-order valence-corrected chi connectivity index (χ2v) is 12.0. The van der Waals surface area contributed by atoms with Crippen molar-refractivity contribution >= 4 is 81.3 Å². The lowest BCUT2D eigenvalue weighted by molar-refractivity contribution is 0.669. The average Bonchev–Trinajstić information content (AvgIpc) is 3.64. The number of thiophene rings is 1. The van der Waals surface area contributed by atoms with Gasteiger partial charge in [-0.05, 0) is 64.9 Å². The highest BCUT2D eigenvalue weighted by Crippen LogP contribution is 2.45. The van der Waals surface area contributed by atoms with E-state index in [0.717, 1.165) is 39.0 Å². The Bertz CT molecular complexity index is 2470. The molecule has 9 rings (SSSR count). The molecule has 0 radical (unpaired) electrons. The van der Waals surface area contributed by atoms with Gasteiger partial charge in [-0.1, -0.05) is 97.1 Å². The van der Waals surface area contributed by atoms with E-state index in [0.29, 0.717) is 0 Å². The van der Waals surface area contributed by atoms with Gasteiger partial charge in [0.1, 0.15) is 11.2 Å². The Morgan fingerprint density at radius 3 is 2.09 bits per heavy atom. The van der Waals surface area contributed by atoms with Crippen LogP contribution in [0.5, 0.6) is 0 Å². The Balaban J connectivity index is 1.33. The Labute approximate surface area is 252 Å². The summed E-state index contributed by atoms with van der Waals surface area (Å²) in [5.41, 5.74) is 7.42. The Morgan fingerprint density at radius 2 is 1.16 bits per heavy atom. The molecule has 0 spiro atoms. The fourth-order valence-corrected chi connectivity index (χ4v) is 7.60. The highest BCUT2D eigenvalue weighted by Gasteiger charge is 2.20. The number of nitrogens with zero attached hydrogens (tertiary/aromatic N) is 1. The molecule has 0 fully saturated rings. The van der Waals surface area contributed by atoms with Crippen molar-refractivity contribution < 1.29 is 4.42 Å². The first-order valence-electron chi connectivity index (χ1n) is 14.5. The number of furan rings is 1. The molecule has 0 aliphatic carbocycles.